The highest BCUT2D eigenvalue weighted by molar-refractivity contribution is 7.89. The van der Waals surface area contributed by atoms with Gasteiger partial charge in [-0.2, -0.15) is 9.57 Å². The van der Waals surface area contributed by atoms with E-state index in [0.29, 0.717) is 43.3 Å². The first-order valence-electron chi connectivity index (χ1n) is 13.3. The maximum Gasteiger partial charge on any atom is 0.243 e. The van der Waals surface area contributed by atoms with Crippen LogP contribution in [0.15, 0.2) is 35.2 Å². The zero-order valence-electron chi connectivity index (χ0n) is 22.1. The van der Waals surface area contributed by atoms with Gasteiger partial charge in [-0.3, -0.25) is 9.88 Å². The standard InChI is InChI=1S/C28H35N5O4S/c1-3-30-26-17-22(31-25-7-5-21(19-29)28(25)26)16-20-4-6-24(18-27(20)36-2)38(34,35)33-10-8-23(9-11-33)32-12-14-37-15-13-32/h4-6,17-18,23H,3,7-16H2,1-2H3,(H,30,31). The quantitative estimate of drug-likeness (QED) is 0.548. The highest BCUT2D eigenvalue weighted by Crippen LogP contribution is 2.35. The summed E-state index contributed by atoms with van der Waals surface area (Å²) in [6, 6.07) is 9.78. The van der Waals surface area contributed by atoms with Gasteiger partial charge in [0.1, 0.15) is 5.75 Å². The van der Waals surface area contributed by atoms with Crippen LogP contribution in [0, 0.1) is 11.3 Å². The number of benzene rings is 1. The minimum absolute atomic E-state index is 0.251. The number of methoxy groups -OCH3 is 1. The lowest BCUT2D eigenvalue weighted by atomic mass is 10.0. The number of nitrogens with one attached hydrogen (secondary N) is 1. The lowest BCUT2D eigenvalue weighted by molar-refractivity contribution is 0.00610. The Kier molecular flexibility index (Phi) is 8.00. The predicted octanol–water partition coefficient (Wildman–Crippen LogP) is 3.06. The first-order chi connectivity index (χ1) is 18.4. The molecule has 0 bridgehead atoms. The Balaban J connectivity index is 1.33. The average molecular weight is 538 g/mol. The van der Waals surface area contributed by atoms with Crippen LogP contribution in [0.3, 0.4) is 0 Å². The van der Waals surface area contributed by atoms with Crippen LogP contribution in [0.2, 0.25) is 0 Å². The minimum atomic E-state index is -3.62. The van der Waals surface area contributed by atoms with Crippen LogP contribution >= 0.6 is 0 Å². The van der Waals surface area contributed by atoms with E-state index in [1.165, 1.54) is 0 Å². The van der Waals surface area contributed by atoms with Crippen molar-refractivity contribution >= 4 is 21.3 Å². The summed E-state index contributed by atoms with van der Waals surface area (Å²) in [6.45, 7) is 7.11. The SMILES string of the molecule is CCNc1cc(Cc2ccc(S(=O)(=O)N3CCC(N4CCOCC4)CC3)cc2OC)nc2c1C(C#N)=CC2. The van der Waals surface area contributed by atoms with Gasteiger partial charge < -0.3 is 14.8 Å². The molecule has 202 valence electrons. The number of pyridine rings is 1. The number of nitrogens with zero attached hydrogens (tertiary/aromatic N) is 4. The average Bonchev–Trinajstić information content (AvgIpc) is 3.37. The largest absolute Gasteiger partial charge is 0.496 e. The first-order valence-corrected chi connectivity index (χ1v) is 14.7. The molecule has 2 fully saturated rings. The summed E-state index contributed by atoms with van der Waals surface area (Å²) in [5.74, 6) is 0.525. The van der Waals surface area contributed by atoms with Gasteiger partial charge >= 0.3 is 0 Å². The normalized spacial score (nSPS) is 19.0. The van der Waals surface area contributed by atoms with E-state index >= 15 is 0 Å². The van der Waals surface area contributed by atoms with Gasteiger partial charge in [-0.05, 0) is 31.9 Å². The van der Waals surface area contributed by atoms with Crippen molar-refractivity contribution in [2.45, 2.75) is 43.5 Å². The number of hydrogen-bond donors (Lipinski definition) is 1. The van der Waals surface area contributed by atoms with Crippen molar-refractivity contribution in [2.24, 2.45) is 0 Å². The van der Waals surface area contributed by atoms with Crippen molar-refractivity contribution in [2.75, 3.05) is 58.4 Å². The third kappa shape index (κ3) is 5.29. The van der Waals surface area contributed by atoms with Crippen molar-refractivity contribution in [1.29, 1.82) is 5.26 Å². The molecule has 3 heterocycles. The number of nitriles is 1. The number of anilines is 1. The Bertz CT molecular complexity index is 1350. The number of sulfonamides is 1. The van der Waals surface area contributed by atoms with Gasteiger partial charge in [0.05, 0.1) is 42.6 Å². The van der Waals surface area contributed by atoms with Crippen LogP contribution < -0.4 is 10.1 Å². The van der Waals surface area contributed by atoms with Gasteiger partial charge in [-0.25, -0.2) is 8.42 Å². The van der Waals surface area contributed by atoms with Gasteiger partial charge in [-0.15, -0.1) is 0 Å². The summed E-state index contributed by atoms with van der Waals surface area (Å²) in [4.78, 5) is 7.50. The number of morpholine rings is 1. The van der Waals surface area contributed by atoms with Crippen molar-refractivity contribution in [1.82, 2.24) is 14.2 Å². The highest BCUT2D eigenvalue weighted by Gasteiger charge is 2.32. The molecular formula is C28H35N5O4S. The second-order valence-corrected chi connectivity index (χ2v) is 11.8. The molecule has 0 atom stereocenters. The molecule has 1 aliphatic carbocycles. The van der Waals surface area contributed by atoms with Crippen LogP contribution in [0.1, 0.15) is 42.3 Å². The van der Waals surface area contributed by atoms with E-state index in [9.17, 15) is 13.7 Å². The number of ether oxygens (including phenoxy) is 2. The van der Waals surface area contributed by atoms with Gasteiger partial charge in [0.25, 0.3) is 0 Å². The summed E-state index contributed by atoms with van der Waals surface area (Å²) in [7, 11) is -2.06. The fraction of sp³-hybridized carbons (Fsp3) is 0.500. The molecule has 0 amide bonds. The molecular weight excluding hydrogens is 502 g/mol. The fourth-order valence-corrected chi connectivity index (χ4v) is 7.18. The van der Waals surface area contributed by atoms with Crippen molar-refractivity contribution < 1.29 is 17.9 Å². The third-order valence-electron chi connectivity index (χ3n) is 7.66. The number of fused-ring (bicyclic) bond motifs is 1. The van der Waals surface area contributed by atoms with Crippen LogP contribution in [-0.2, 0) is 27.6 Å². The van der Waals surface area contributed by atoms with Gasteiger partial charge in [-0.1, -0.05) is 12.1 Å². The second-order valence-electron chi connectivity index (χ2n) is 9.88. The Morgan fingerprint density at radius 1 is 1.18 bits per heavy atom. The minimum Gasteiger partial charge on any atom is -0.496 e. The first kappa shape index (κ1) is 26.6. The number of hydrogen-bond acceptors (Lipinski definition) is 8. The zero-order valence-corrected chi connectivity index (χ0v) is 22.9. The van der Waals surface area contributed by atoms with Crippen molar-refractivity contribution in [3.63, 3.8) is 0 Å². The summed E-state index contributed by atoms with van der Waals surface area (Å²) >= 11 is 0. The monoisotopic (exact) mass is 537 g/mol. The van der Waals surface area contributed by atoms with E-state index in [4.69, 9.17) is 14.5 Å². The van der Waals surface area contributed by atoms with E-state index in [0.717, 1.165) is 73.9 Å². The molecule has 5 rings (SSSR count). The van der Waals surface area contributed by atoms with Crippen molar-refractivity contribution in [3.8, 4) is 11.8 Å². The predicted molar refractivity (Wildman–Crippen MR) is 146 cm³/mol. The maximum atomic E-state index is 13.5. The molecule has 2 saturated heterocycles. The number of piperidine rings is 1. The Morgan fingerprint density at radius 3 is 2.63 bits per heavy atom. The zero-order chi connectivity index (χ0) is 26.7. The van der Waals surface area contributed by atoms with E-state index in [1.54, 1.807) is 23.5 Å². The summed E-state index contributed by atoms with van der Waals surface area (Å²) in [5, 5.41) is 12.8. The molecule has 0 unspecified atom stereocenters. The lowest BCUT2D eigenvalue weighted by Crippen LogP contribution is -2.50. The Hall–Kier alpha value is -2.97. The molecule has 1 N–H and O–H groups in total. The number of allylic oxidation sites excluding steroid dienone is 2. The lowest BCUT2D eigenvalue weighted by Gasteiger charge is -2.39. The molecule has 1 aromatic carbocycles. The van der Waals surface area contributed by atoms with E-state index < -0.39 is 10.0 Å². The summed E-state index contributed by atoms with van der Waals surface area (Å²) in [6.07, 6.45) is 4.68. The number of aromatic nitrogens is 1. The second kappa shape index (κ2) is 11.4. The molecule has 0 spiro atoms. The van der Waals surface area contributed by atoms with Crippen LogP contribution in [0.5, 0.6) is 5.75 Å². The van der Waals surface area contributed by atoms with Crippen LogP contribution in [0.4, 0.5) is 5.69 Å². The molecule has 0 radical (unpaired) electrons. The Labute approximate surface area is 225 Å². The smallest absolute Gasteiger partial charge is 0.243 e. The molecule has 10 heteroatoms. The van der Waals surface area contributed by atoms with Gasteiger partial charge in [0.15, 0.2) is 0 Å². The highest BCUT2D eigenvalue weighted by atomic mass is 32.2. The topological polar surface area (TPSA) is 108 Å². The molecule has 1 aromatic heterocycles. The van der Waals surface area contributed by atoms with E-state index in [2.05, 4.69) is 16.3 Å². The van der Waals surface area contributed by atoms with E-state index in [1.807, 2.05) is 25.1 Å². The molecule has 2 aromatic rings. The molecule has 2 aliphatic heterocycles. The fourth-order valence-electron chi connectivity index (χ4n) is 5.69. The molecule has 3 aliphatic rings. The van der Waals surface area contributed by atoms with Gasteiger partial charge in [0, 0.05) is 80.2 Å². The molecule has 9 nitrogen and oxygen atoms in total. The molecule has 38 heavy (non-hydrogen) atoms. The van der Waals surface area contributed by atoms with E-state index in [-0.39, 0.29) is 4.90 Å². The number of rotatable bonds is 8. The Morgan fingerprint density at radius 2 is 1.95 bits per heavy atom. The maximum absolute atomic E-state index is 13.5. The third-order valence-corrected chi connectivity index (χ3v) is 9.55. The molecule has 0 saturated carbocycles. The van der Waals surface area contributed by atoms with Gasteiger partial charge in [0.2, 0.25) is 10.0 Å². The summed E-state index contributed by atoms with van der Waals surface area (Å²) in [5.41, 5.74) is 5.01. The van der Waals surface area contributed by atoms with Crippen molar-refractivity contribution in [3.05, 3.63) is 52.9 Å². The summed E-state index contributed by atoms with van der Waals surface area (Å²) < 4.78 is 39.7. The van der Waals surface area contributed by atoms with Crippen LogP contribution in [0.25, 0.3) is 5.57 Å². The van der Waals surface area contributed by atoms with Crippen LogP contribution in [-0.4, -0.2) is 81.7 Å².